The third-order valence-corrected chi connectivity index (χ3v) is 5.49. The van der Waals surface area contributed by atoms with Gasteiger partial charge in [-0.05, 0) is 38.0 Å². The molecule has 0 radical (unpaired) electrons. The van der Waals surface area contributed by atoms with E-state index >= 15 is 0 Å². The molecule has 2 heterocycles. The summed E-state index contributed by atoms with van der Waals surface area (Å²) in [4.78, 5) is 31.5. The summed E-state index contributed by atoms with van der Waals surface area (Å²) < 4.78 is 6.49. The first-order valence-electron chi connectivity index (χ1n) is 8.40. The van der Waals surface area contributed by atoms with Crippen molar-refractivity contribution in [1.29, 1.82) is 0 Å². The molecule has 5 nitrogen and oxygen atoms in total. The van der Waals surface area contributed by atoms with Gasteiger partial charge in [0.2, 0.25) is 0 Å². The average Bonchev–Trinajstić information content (AvgIpc) is 2.95. The van der Waals surface area contributed by atoms with Crippen molar-refractivity contribution >= 4 is 39.1 Å². The Bertz CT molecular complexity index is 1010. The molecule has 136 valence electrons. The van der Waals surface area contributed by atoms with Crippen LogP contribution < -0.4 is 5.56 Å². The largest absolute Gasteiger partial charge is 0.464 e. The maximum absolute atomic E-state index is 13.2. The van der Waals surface area contributed by atoms with E-state index in [9.17, 15) is 9.59 Å². The third kappa shape index (κ3) is 3.27. The van der Waals surface area contributed by atoms with Gasteiger partial charge in [0.25, 0.3) is 5.56 Å². The van der Waals surface area contributed by atoms with Gasteiger partial charge in [-0.1, -0.05) is 30.7 Å². The van der Waals surface area contributed by atoms with Crippen LogP contribution in [0.2, 0.25) is 5.02 Å². The molecule has 3 rings (SSSR count). The minimum Gasteiger partial charge on any atom is -0.464 e. The van der Waals surface area contributed by atoms with Gasteiger partial charge in [-0.2, -0.15) is 0 Å². The lowest BCUT2D eigenvalue weighted by molar-refractivity contribution is -0.147. The van der Waals surface area contributed by atoms with Gasteiger partial charge >= 0.3 is 5.97 Å². The van der Waals surface area contributed by atoms with Crippen molar-refractivity contribution in [2.45, 2.75) is 33.2 Å². The van der Waals surface area contributed by atoms with Gasteiger partial charge in [-0.25, -0.2) is 9.78 Å². The van der Waals surface area contributed by atoms with E-state index in [0.29, 0.717) is 21.7 Å². The number of aromatic nitrogens is 2. The van der Waals surface area contributed by atoms with Crippen molar-refractivity contribution in [2.24, 2.45) is 0 Å². The van der Waals surface area contributed by atoms with Gasteiger partial charge < -0.3 is 4.74 Å². The van der Waals surface area contributed by atoms with E-state index in [-0.39, 0.29) is 12.2 Å². The van der Waals surface area contributed by atoms with E-state index in [1.54, 1.807) is 19.1 Å². The highest BCUT2D eigenvalue weighted by molar-refractivity contribution is 7.19. The lowest BCUT2D eigenvalue weighted by Gasteiger charge is -2.16. The quantitative estimate of drug-likeness (QED) is 0.597. The van der Waals surface area contributed by atoms with Crippen LogP contribution in [-0.2, 0) is 9.53 Å². The van der Waals surface area contributed by atoms with Crippen LogP contribution in [0.1, 0.15) is 31.2 Å². The summed E-state index contributed by atoms with van der Waals surface area (Å²) in [6.45, 7) is 5.82. The fraction of sp³-hybridized carbons (Fsp3) is 0.316. The van der Waals surface area contributed by atoms with Crippen LogP contribution in [0.4, 0.5) is 0 Å². The Hall–Kier alpha value is -2.18. The second kappa shape index (κ2) is 7.60. The van der Waals surface area contributed by atoms with Gasteiger partial charge in [0.05, 0.1) is 18.3 Å². The Balaban J connectivity index is 2.22. The normalized spacial score (nSPS) is 12.3. The molecule has 0 saturated heterocycles. The zero-order chi connectivity index (χ0) is 18.8. The van der Waals surface area contributed by atoms with E-state index in [2.05, 4.69) is 4.98 Å². The Morgan fingerprint density at radius 3 is 2.62 bits per heavy atom. The van der Waals surface area contributed by atoms with Gasteiger partial charge in [0.15, 0.2) is 0 Å². The first-order valence-corrected chi connectivity index (χ1v) is 9.60. The number of thiophene rings is 1. The number of aryl methyl sites for hydroxylation is 1. The molecule has 0 saturated carbocycles. The summed E-state index contributed by atoms with van der Waals surface area (Å²) in [7, 11) is 0. The molecule has 0 N–H and O–H groups in total. The van der Waals surface area contributed by atoms with Crippen LogP contribution in [0.25, 0.3) is 21.3 Å². The molecule has 7 heteroatoms. The smallest absolute Gasteiger partial charge is 0.329 e. The van der Waals surface area contributed by atoms with E-state index in [4.69, 9.17) is 16.3 Å². The maximum atomic E-state index is 13.2. The molecule has 2 aromatic heterocycles. The van der Waals surface area contributed by atoms with Crippen molar-refractivity contribution in [1.82, 2.24) is 9.55 Å². The first-order chi connectivity index (χ1) is 12.5. The standard InChI is InChI=1S/C19H19ClN2O3S/c1-4-14(19(24)25-5-2)22-10-21-17-16(18(22)23)15(11(3)26-17)12-6-8-13(20)9-7-12/h6-10,14H,4-5H2,1-3H3. The summed E-state index contributed by atoms with van der Waals surface area (Å²) >= 11 is 7.45. The first kappa shape index (κ1) is 18.6. The zero-order valence-corrected chi connectivity index (χ0v) is 16.4. The lowest BCUT2D eigenvalue weighted by Crippen LogP contribution is -2.31. The van der Waals surface area contributed by atoms with Crippen LogP contribution in [0.3, 0.4) is 0 Å². The van der Waals surface area contributed by atoms with Crippen molar-refractivity contribution in [3.05, 3.63) is 50.8 Å². The number of hydrogen-bond acceptors (Lipinski definition) is 5. The van der Waals surface area contributed by atoms with Crippen LogP contribution in [0.15, 0.2) is 35.4 Å². The number of benzene rings is 1. The molecule has 1 atom stereocenters. The Labute approximate surface area is 160 Å². The van der Waals surface area contributed by atoms with E-state index in [1.807, 2.05) is 26.0 Å². The lowest BCUT2D eigenvalue weighted by atomic mass is 10.0. The monoisotopic (exact) mass is 390 g/mol. The summed E-state index contributed by atoms with van der Waals surface area (Å²) in [5, 5.41) is 1.16. The number of esters is 1. The molecule has 0 spiro atoms. The summed E-state index contributed by atoms with van der Waals surface area (Å²) in [6.07, 6.45) is 1.89. The Morgan fingerprint density at radius 2 is 2.00 bits per heavy atom. The number of nitrogens with zero attached hydrogens (tertiary/aromatic N) is 2. The molecule has 26 heavy (non-hydrogen) atoms. The van der Waals surface area contributed by atoms with E-state index < -0.39 is 12.0 Å². The van der Waals surface area contributed by atoms with Crippen LogP contribution in [-0.4, -0.2) is 22.1 Å². The van der Waals surface area contributed by atoms with Gasteiger partial charge in [-0.15, -0.1) is 11.3 Å². The highest BCUT2D eigenvalue weighted by Gasteiger charge is 2.24. The van der Waals surface area contributed by atoms with Crippen LogP contribution in [0, 0.1) is 6.92 Å². The van der Waals surface area contributed by atoms with Gasteiger partial charge in [0.1, 0.15) is 10.9 Å². The predicted molar refractivity (Wildman–Crippen MR) is 105 cm³/mol. The number of hydrogen-bond donors (Lipinski definition) is 0. The highest BCUT2D eigenvalue weighted by Crippen LogP contribution is 2.36. The fourth-order valence-electron chi connectivity index (χ4n) is 3.02. The zero-order valence-electron chi connectivity index (χ0n) is 14.8. The Kier molecular flexibility index (Phi) is 5.44. The minimum atomic E-state index is -0.683. The fourth-order valence-corrected chi connectivity index (χ4v) is 4.15. The molecule has 1 aromatic carbocycles. The summed E-state index contributed by atoms with van der Waals surface area (Å²) in [5.41, 5.74) is 1.51. The van der Waals surface area contributed by atoms with E-state index in [1.165, 1.54) is 22.2 Å². The third-order valence-electron chi connectivity index (χ3n) is 4.23. The highest BCUT2D eigenvalue weighted by atomic mass is 35.5. The van der Waals surface area contributed by atoms with Crippen molar-refractivity contribution < 1.29 is 9.53 Å². The number of rotatable bonds is 5. The van der Waals surface area contributed by atoms with E-state index in [0.717, 1.165) is 16.0 Å². The van der Waals surface area contributed by atoms with Crippen molar-refractivity contribution in [2.75, 3.05) is 6.61 Å². The molecule has 0 aliphatic carbocycles. The minimum absolute atomic E-state index is 0.232. The molecular formula is C19H19ClN2O3S. The van der Waals surface area contributed by atoms with Crippen molar-refractivity contribution in [3.63, 3.8) is 0 Å². The molecule has 1 unspecified atom stereocenters. The maximum Gasteiger partial charge on any atom is 0.329 e. The molecule has 0 fully saturated rings. The second-order valence-corrected chi connectivity index (χ2v) is 7.49. The molecular weight excluding hydrogens is 372 g/mol. The van der Waals surface area contributed by atoms with Crippen molar-refractivity contribution in [3.8, 4) is 11.1 Å². The number of ether oxygens (including phenoxy) is 1. The number of carbonyl (C=O) groups excluding carboxylic acids is 1. The second-order valence-electron chi connectivity index (χ2n) is 5.85. The number of fused-ring (bicyclic) bond motifs is 1. The number of halogens is 1. The van der Waals surface area contributed by atoms with Crippen LogP contribution >= 0.6 is 22.9 Å². The van der Waals surface area contributed by atoms with Gasteiger partial charge in [-0.3, -0.25) is 9.36 Å². The van der Waals surface area contributed by atoms with Crippen LogP contribution in [0.5, 0.6) is 0 Å². The van der Waals surface area contributed by atoms with Gasteiger partial charge in [0, 0.05) is 15.5 Å². The SMILES string of the molecule is CCOC(=O)C(CC)n1cnc2sc(C)c(-c3ccc(Cl)cc3)c2c1=O. The predicted octanol–water partition coefficient (Wildman–Crippen LogP) is 4.60. The molecule has 0 bridgehead atoms. The summed E-state index contributed by atoms with van der Waals surface area (Å²) in [5.74, 6) is -0.418. The Morgan fingerprint density at radius 1 is 1.31 bits per heavy atom. The summed E-state index contributed by atoms with van der Waals surface area (Å²) in [6, 6.07) is 6.68. The topological polar surface area (TPSA) is 61.2 Å². The average molecular weight is 391 g/mol. The molecule has 0 amide bonds. The number of carbonyl (C=O) groups is 1. The molecule has 3 aromatic rings. The molecule has 0 aliphatic rings. The molecule has 0 aliphatic heterocycles.